The van der Waals surface area contributed by atoms with Gasteiger partial charge in [-0.1, -0.05) is 27.2 Å². The lowest BCUT2D eigenvalue weighted by Gasteiger charge is -2.27. The minimum Gasteiger partial charge on any atom is -0.464 e. The molecule has 0 aromatic rings. The van der Waals surface area contributed by atoms with Crippen LogP contribution in [-0.2, 0) is 9.53 Å². The summed E-state index contributed by atoms with van der Waals surface area (Å²) in [6.07, 6.45) is 4.08. The van der Waals surface area contributed by atoms with E-state index in [2.05, 4.69) is 31.6 Å². The van der Waals surface area contributed by atoms with E-state index in [4.69, 9.17) is 4.74 Å². The van der Waals surface area contributed by atoms with Gasteiger partial charge in [-0.15, -0.1) is 0 Å². The van der Waals surface area contributed by atoms with Crippen LogP contribution >= 0.6 is 0 Å². The Morgan fingerprint density at radius 3 is 2.81 bits per heavy atom. The van der Waals surface area contributed by atoms with Crippen molar-refractivity contribution in [3.8, 4) is 0 Å². The Kier molecular flexibility index (Phi) is 5.22. The van der Waals surface area contributed by atoms with Crippen LogP contribution in [0.1, 0.15) is 46.5 Å². The van der Waals surface area contributed by atoms with E-state index >= 15 is 0 Å². The van der Waals surface area contributed by atoms with Gasteiger partial charge < -0.3 is 4.74 Å². The molecule has 4 heteroatoms. The number of hydrazine groups is 1. The summed E-state index contributed by atoms with van der Waals surface area (Å²) in [4.78, 5) is 11.7. The fourth-order valence-electron chi connectivity index (χ4n) is 1.95. The highest BCUT2D eigenvalue weighted by molar-refractivity contribution is 5.75. The Hall–Kier alpha value is -0.610. The van der Waals surface area contributed by atoms with E-state index in [1.807, 2.05) is 0 Å². The van der Waals surface area contributed by atoms with E-state index in [0.29, 0.717) is 6.61 Å². The van der Waals surface area contributed by atoms with Gasteiger partial charge in [0.2, 0.25) is 0 Å². The summed E-state index contributed by atoms with van der Waals surface area (Å²) in [5, 5.41) is 0. The number of hydrogen-bond acceptors (Lipinski definition) is 4. The summed E-state index contributed by atoms with van der Waals surface area (Å²) in [6, 6.07) is -0.175. The third-order valence-electron chi connectivity index (χ3n) is 2.89. The molecule has 1 fully saturated rings. The molecule has 0 aliphatic carbocycles. The van der Waals surface area contributed by atoms with Crippen LogP contribution in [0.2, 0.25) is 0 Å². The Labute approximate surface area is 98.1 Å². The largest absolute Gasteiger partial charge is 0.464 e. The second-order valence-corrected chi connectivity index (χ2v) is 5.29. The fraction of sp³-hybridized carbons (Fsp3) is 0.917. The molecule has 1 aliphatic rings. The van der Waals surface area contributed by atoms with Crippen LogP contribution in [0.25, 0.3) is 0 Å². The molecule has 2 N–H and O–H groups in total. The predicted molar refractivity (Wildman–Crippen MR) is 63.8 cm³/mol. The SMILES string of the molecule is CCCC(C)(C)COC(=O)[C@@H]1CCCNN1. The van der Waals surface area contributed by atoms with E-state index in [1.165, 1.54) is 0 Å². The van der Waals surface area contributed by atoms with Crippen LogP contribution in [0.5, 0.6) is 0 Å². The van der Waals surface area contributed by atoms with Crippen molar-refractivity contribution >= 4 is 5.97 Å². The van der Waals surface area contributed by atoms with E-state index in [-0.39, 0.29) is 17.4 Å². The molecule has 4 nitrogen and oxygen atoms in total. The molecule has 0 aromatic carbocycles. The van der Waals surface area contributed by atoms with Crippen molar-refractivity contribution in [1.29, 1.82) is 0 Å². The highest BCUT2D eigenvalue weighted by atomic mass is 16.5. The zero-order valence-corrected chi connectivity index (χ0v) is 10.6. The zero-order valence-electron chi connectivity index (χ0n) is 10.6. The molecule has 1 saturated heterocycles. The molecule has 1 aliphatic heterocycles. The zero-order chi connectivity index (χ0) is 12.0. The minimum atomic E-state index is -0.175. The lowest BCUT2D eigenvalue weighted by atomic mass is 9.89. The first-order valence-corrected chi connectivity index (χ1v) is 6.20. The number of rotatable bonds is 5. The number of carbonyl (C=O) groups is 1. The van der Waals surface area contributed by atoms with Gasteiger partial charge in [0.15, 0.2) is 0 Å². The molecule has 0 bridgehead atoms. The molecular formula is C12H24N2O2. The molecule has 1 heterocycles. The van der Waals surface area contributed by atoms with Crippen LogP contribution in [-0.4, -0.2) is 25.2 Å². The Morgan fingerprint density at radius 2 is 2.25 bits per heavy atom. The molecule has 94 valence electrons. The van der Waals surface area contributed by atoms with Gasteiger partial charge in [-0.05, 0) is 24.7 Å². The lowest BCUT2D eigenvalue weighted by molar-refractivity contribution is -0.150. The Bertz CT molecular complexity index is 223. The van der Waals surface area contributed by atoms with Gasteiger partial charge in [0, 0.05) is 6.54 Å². The maximum Gasteiger partial charge on any atom is 0.324 e. The number of carbonyl (C=O) groups excluding carboxylic acids is 1. The standard InChI is InChI=1S/C12H24N2O2/c1-4-7-12(2,3)9-16-11(15)10-6-5-8-13-14-10/h10,13-14H,4-9H2,1-3H3/t10-/m0/s1. The first kappa shape index (κ1) is 13.5. The molecule has 0 unspecified atom stereocenters. The molecular weight excluding hydrogens is 204 g/mol. The second-order valence-electron chi connectivity index (χ2n) is 5.29. The normalized spacial score (nSPS) is 21.8. The van der Waals surface area contributed by atoms with Gasteiger partial charge in [-0.3, -0.25) is 10.2 Å². The molecule has 0 saturated carbocycles. The van der Waals surface area contributed by atoms with Crippen molar-refractivity contribution < 1.29 is 9.53 Å². The molecule has 0 aromatic heterocycles. The number of hydrogen-bond donors (Lipinski definition) is 2. The van der Waals surface area contributed by atoms with Gasteiger partial charge in [0.1, 0.15) is 6.04 Å². The van der Waals surface area contributed by atoms with Gasteiger partial charge in [0.25, 0.3) is 0 Å². The van der Waals surface area contributed by atoms with Crippen LogP contribution in [0.15, 0.2) is 0 Å². The number of esters is 1. The first-order chi connectivity index (χ1) is 7.55. The van der Waals surface area contributed by atoms with Crippen molar-refractivity contribution in [3.63, 3.8) is 0 Å². The summed E-state index contributed by atoms with van der Waals surface area (Å²) < 4.78 is 5.36. The van der Waals surface area contributed by atoms with Crippen molar-refractivity contribution in [2.75, 3.05) is 13.2 Å². The predicted octanol–water partition coefficient (Wildman–Crippen LogP) is 1.61. The average molecular weight is 228 g/mol. The van der Waals surface area contributed by atoms with Gasteiger partial charge in [-0.25, -0.2) is 5.43 Å². The highest BCUT2D eigenvalue weighted by Crippen LogP contribution is 2.22. The molecule has 0 amide bonds. The van der Waals surface area contributed by atoms with Crippen molar-refractivity contribution in [3.05, 3.63) is 0 Å². The van der Waals surface area contributed by atoms with Crippen molar-refractivity contribution in [2.24, 2.45) is 5.41 Å². The van der Waals surface area contributed by atoms with Gasteiger partial charge in [0.05, 0.1) is 6.61 Å². The van der Waals surface area contributed by atoms with Crippen molar-refractivity contribution in [2.45, 2.75) is 52.5 Å². The van der Waals surface area contributed by atoms with E-state index in [0.717, 1.165) is 32.2 Å². The van der Waals surface area contributed by atoms with Gasteiger partial charge >= 0.3 is 5.97 Å². The van der Waals surface area contributed by atoms with E-state index < -0.39 is 0 Å². The number of ether oxygens (including phenoxy) is 1. The smallest absolute Gasteiger partial charge is 0.324 e. The van der Waals surface area contributed by atoms with Gasteiger partial charge in [-0.2, -0.15) is 0 Å². The third kappa shape index (κ3) is 4.49. The van der Waals surface area contributed by atoms with Crippen LogP contribution in [0, 0.1) is 5.41 Å². The van der Waals surface area contributed by atoms with E-state index in [1.54, 1.807) is 0 Å². The van der Waals surface area contributed by atoms with E-state index in [9.17, 15) is 4.79 Å². The molecule has 1 rings (SSSR count). The summed E-state index contributed by atoms with van der Waals surface area (Å²) in [6.45, 7) is 7.85. The van der Waals surface area contributed by atoms with Crippen LogP contribution in [0.4, 0.5) is 0 Å². The minimum absolute atomic E-state index is 0.0898. The monoisotopic (exact) mass is 228 g/mol. The highest BCUT2D eigenvalue weighted by Gasteiger charge is 2.25. The quantitative estimate of drug-likeness (QED) is 0.702. The second kappa shape index (κ2) is 6.21. The molecule has 16 heavy (non-hydrogen) atoms. The lowest BCUT2D eigenvalue weighted by Crippen LogP contribution is -2.50. The summed E-state index contributed by atoms with van der Waals surface area (Å²) in [7, 11) is 0. The van der Waals surface area contributed by atoms with Crippen molar-refractivity contribution in [1.82, 2.24) is 10.9 Å². The molecule has 0 radical (unpaired) electrons. The number of nitrogens with one attached hydrogen (secondary N) is 2. The summed E-state index contributed by atoms with van der Waals surface area (Å²) in [5.74, 6) is -0.128. The maximum absolute atomic E-state index is 11.7. The summed E-state index contributed by atoms with van der Waals surface area (Å²) in [5.41, 5.74) is 6.04. The first-order valence-electron chi connectivity index (χ1n) is 6.20. The Morgan fingerprint density at radius 1 is 1.50 bits per heavy atom. The van der Waals surface area contributed by atoms with Crippen LogP contribution in [0.3, 0.4) is 0 Å². The molecule has 0 spiro atoms. The third-order valence-corrected chi connectivity index (χ3v) is 2.89. The maximum atomic E-state index is 11.7. The molecule has 1 atom stereocenters. The Balaban J connectivity index is 2.28. The van der Waals surface area contributed by atoms with Crippen LogP contribution < -0.4 is 10.9 Å². The summed E-state index contributed by atoms with van der Waals surface area (Å²) >= 11 is 0. The fourth-order valence-corrected chi connectivity index (χ4v) is 1.95. The topological polar surface area (TPSA) is 50.4 Å². The average Bonchev–Trinajstić information content (AvgIpc) is 2.27.